The molecule has 2 saturated carbocycles. The van der Waals surface area contributed by atoms with Gasteiger partial charge in [-0.25, -0.2) is 0 Å². The molecule has 0 bridgehead atoms. The van der Waals surface area contributed by atoms with E-state index in [9.17, 15) is 5.11 Å². The van der Waals surface area contributed by atoms with E-state index in [2.05, 4.69) is 11.9 Å². The first-order chi connectivity index (χ1) is 6.25. The van der Waals surface area contributed by atoms with Crippen LogP contribution in [-0.4, -0.2) is 36.2 Å². The molecule has 0 radical (unpaired) electrons. The van der Waals surface area contributed by atoms with Crippen molar-refractivity contribution in [2.45, 2.75) is 38.2 Å². The third-order valence-corrected chi connectivity index (χ3v) is 3.43. The predicted octanol–water partition coefficient (Wildman–Crippen LogP) is 1.49. The highest BCUT2D eigenvalue weighted by Gasteiger charge is 2.28. The van der Waals surface area contributed by atoms with Crippen molar-refractivity contribution < 1.29 is 5.11 Å². The smallest absolute Gasteiger partial charge is 0.0580 e. The number of rotatable bonds is 4. The van der Waals surface area contributed by atoms with Crippen molar-refractivity contribution in [2.24, 2.45) is 11.8 Å². The summed E-state index contributed by atoms with van der Waals surface area (Å²) in [5, 5.41) is 9.66. The largest absolute Gasteiger partial charge is 0.393 e. The summed E-state index contributed by atoms with van der Waals surface area (Å²) in [5.41, 5.74) is 0. The van der Waals surface area contributed by atoms with E-state index < -0.39 is 0 Å². The molecule has 0 heterocycles. The predicted molar refractivity (Wildman–Crippen MR) is 53.6 cm³/mol. The van der Waals surface area contributed by atoms with Gasteiger partial charge in [0.1, 0.15) is 0 Å². The molecular weight excluding hydrogens is 162 g/mol. The van der Waals surface area contributed by atoms with Crippen LogP contribution in [0.5, 0.6) is 0 Å². The Morgan fingerprint density at radius 2 is 1.92 bits per heavy atom. The molecule has 0 amide bonds. The van der Waals surface area contributed by atoms with E-state index in [0.29, 0.717) is 5.92 Å². The second-order valence-electron chi connectivity index (χ2n) is 4.92. The molecule has 0 aliphatic heterocycles. The van der Waals surface area contributed by atoms with Gasteiger partial charge in [-0.2, -0.15) is 0 Å². The van der Waals surface area contributed by atoms with Crippen LogP contribution in [0.3, 0.4) is 0 Å². The Bertz CT molecular complexity index is 167. The van der Waals surface area contributed by atoms with Crippen molar-refractivity contribution in [2.75, 3.05) is 20.1 Å². The number of hydrogen-bond acceptors (Lipinski definition) is 2. The molecule has 2 aliphatic carbocycles. The fourth-order valence-corrected chi connectivity index (χ4v) is 2.45. The Labute approximate surface area is 80.9 Å². The van der Waals surface area contributed by atoms with Gasteiger partial charge in [-0.1, -0.05) is 6.42 Å². The van der Waals surface area contributed by atoms with E-state index >= 15 is 0 Å². The fourth-order valence-electron chi connectivity index (χ4n) is 2.45. The first-order valence-electron chi connectivity index (χ1n) is 5.62. The molecule has 0 aromatic carbocycles. The van der Waals surface area contributed by atoms with Crippen LogP contribution in [0.15, 0.2) is 0 Å². The van der Waals surface area contributed by atoms with Gasteiger partial charge in [-0.15, -0.1) is 0 Å². The first kappa shape index (κ1) is 9.47. The Kier molecular flexibility index (Phi) is 2.89. The third kappa shape index (κ3) is 2.68. The van der Waals surface area contributed by atoms with Crippen LogP contribution < -0.4 is 0 Å². The van der Waals surface area contributed by atoms with E-state index in [-0.39, 0.29) is 6.10 Å². The summed E-state index contributed by atoms with van der Waals surface area (Å²) in [6.07, 6.45) is 6.33. The lowest BCUT2D eigenvalue weighted by Crippen LogP contribution is -2.31. The summed E-state index contributed by atoms with van der Waals surface area (Å²) >= 11 is 0. The SMILES string of the molecule is CN(CC1CC1)CC1CCCC1O. The van der Waals surface area contributed by atoms with Crippen LogP contribution in [-0.2, 0) is 0 Å². The molecule has 1 N–H and O–H groups in total. The average Bonchev–Trinajstić information content (AvgIpc) is 2.79. The summed E-state index contributed by atoms with van der Waals surface area (Å²) in [6, 6.07) is 0. The third-order valence-electron chi connectivity index (χ3n) is 3.43. The maximum absolute atomic E-state index is 9.66. The van der Waals surface area contributed by atoms with Crippen LogP contribution in [0.4, 0.5) is 0 Å². The normalized spacial score (nSPS) is 34.4. The summed E-state index contributed by atoms with van der Waals surface area (Å²) < 4.78 is 0. The lowest BCUT2D eigenvalue weighted by atomic mass is 10.1. The van der Waals surface area contributed by atoms with Crippen molar-refractivity contribution in [3.8, 4) is 0 Å². The first-order valence-corrected chi connectivity index (χ1v) is 5.62. The minimum Gasteiger partial charge on any atom is -0.393 e. The van der Waals surface area contributed by atoms with Crippen molar-refractivity contribution in [1.82, 2.24) is 4.90 Å². The van der Waals surface area contributed by atoms with Crippen LogP contribution >= 0.6 is 0 Å². The highest BCUT2D eigenvalue weighted by Crippen LogP contribution is 2.31. The van der Waals surface area contributed by atoms with Gasteiger partial charge in [-0.05, 0) is 44.6 Å². The van der Waals surface area contributed by atoms with Gasteiger partial charge in [0.05, 0.1) is 6.10 Å². The van der Waals surface area contributed by atoms with Crippen molar-refractivity contribution in [3.05, 3.63) is 0 Å². The molecule has 0 aromatic rings. The van der Waals surface area contributed by atoms with E-state index in [1.165, 1.54) is 32.2 Å². The zero-order valence-corrected chi connectivity index (χ0v) is 8.58. The minimum atomic E-state index is -0.0124. The maximum atomic E-state index is 9.66. The second kappa shape index (κ2) is 3.97. The van der Waals surface area contributed by atoms with Crippen LogP contribution in [0.2, 0.25) is 0 Å². The molecule has 0 spiro atoms. The van der Waals surface area contributed by atoms with E-state index in [4.69, 9.17) is 0 Å². The Morgan fingerprint density at radius 1 is 1.15 bits per heavy atom. The molecule has 2 atom stereocenters. The molecular formula is C11H21NO. The Morgan fingerprint density at radius 3 is 2.46 bits per heavy atom. The summed E-state index contributed by atoms with van der Waals surface area (Å²) in [4.78, 5) is 2.41. The van der Waals surface area contributed by atoms with Crippen LogP contribution in [0, 0.1) is 11.8 Å². The standard InChI is InChI=1S/C11H21NO/c1-12(7-9-5-6-9)8-10-3-2-4-11(10)13/h9-11,13H,2-8H2,1H3. The van der Waals surface area contributed by atoms with E-state index in [1.807, 2.05) is 0 Å². The molecule has 0 aromatic heterocycles. The van der Waals surface area contributed by atoms with Gasteiger partial charge in [0.15, 0.2) is 0 Å². The molecule has 2 rings (SSSR count). The summed E-state index contributed by atoms with van der Waals surface area (Å²) in [6.45, 7) is 2.36. The maximum Gasteiger partial charge on any atom is 0.0580 e. The molecule has 2 unspecified atom stereocenters. The molecule has 2 heteroatoms. The van der Waals surface area contributed by atoms with Crippen LogP contribution in [0.25, 0.3) is 0 Å². The summed E-state index contributed by atoms with van der Waals surface area (Å²) in [5.74, 6) is 1.53. The second-order valence-corrected chi connectivity index (χ2v) is 4.92. The van der Waals surface area contributed by atoms with Crippen LogP contribution in [0.1, 0.15) is 32.1 Å². The minimum absolute atomic E-state index is 0.0124. The zero-order chi connectivity index (χ0) is 9.26. The monoisotopic (exact) mass is 183 g/mol. The fraction of sp³-hybridized carbons (Fsp3) is 1.00. The highest BCUT2D eigenvalue weighted by atomic mass is 16.3. The molecule has 2 nitrogen and oxygen atoms in total. The molecule has 2 fully saturated rings. The average molecular weight is 183 g/mol. The van der Waals surface area contributed by atoms with Crippen molar-refractivity contribution >= 4 is 0 Å². The topological polar surface area (TPSA) is 23.5 Å². The van der Waals surface area contributed by atoms with Gasteiger partial charge in [0, 0.05) is 13.1 Å². The summed E-state index contributed by atoms with van der Waals surface area (Å²) in [7, 11) is 2.20. The van der Waals surface area contributed by atoms with Gasteiger partial charge in [0.2, 0.25) is 0 Å². The lowest BCUT2D eigenvalue weighted by Gasteiger charge is -2.22. The number of aliphatic hydroxyl groups excluding tert-OH is 1. The highest BCUT2D eigenvalue weighted by molar-refractivity contribution is 4.81. The van der Waals surface area contributed by atoms with Crippen molar-refractivity contribution in [1.29, 1.82) is 0 Å². The zero-order valence-electron chi connectivity index (χ0n) is 8.58. The number of nitrogens with zero attached hydrogens (tertiary/aromatic N) is 1. The Hall–Kier alpha value is -0.0800. The Balaban J connectivity index is 1.69. The molecule has 2 aliphatic rings. The quantitative estimate of drug-likeness (QED) is 0.714. The lowest BCUT2D eigenvalue weighted by molar-refractivity contribution is 0.108. The number of aliphatic hydroxyl groups is 1. The molecule has 76 valence electrons. The van der Waals surface area contributed by atoms with Gasteiger partial charge in [-0.3, -0.25) is 0 Å². The van der Waals surface area contributed by atoms with Gasteiger partial charge < -0.3 is 10.0 Å². The number of hydrogen-bond donors (Lipinski definition) is 1. The van der Waals surface area contributed by atoms with Gasteiger partial charge >= 0.3 is 0 Å². The molecule has 0 saturated heterocycles. The van der Waals surface area contributed by atoms with Gasteiger partial charge in [0.25, 0.3) is 0 Å². The van der Waals surface area contributed by atoms with E-state index in [0.717, 1.165) is 18.9 Å². The van der Waals surface area contributed by atoms with Crippen molar-refractivity contribution in [3.63, 3.8) is 0 Å². The molecule has 13 heavy (non-hydrogen) atoms. The van der Waals surface area contributed by atoms with E-state index in [1.54, 1.807) is 0 Å².